The second-order valence-corrected chi connectivity index (χ2v) is 5.61. The third-order valence-corrected chi connectivity index (χ3v) is 3.62. The fraction of sp³-hybridized carbons (Fsp3) is 0.0952. The third kappa shape index (κ3) is 5.31. The number of carbonyl (C=O) groups is 1. The molecule has 0 aliphatic heterocycles. The maximum Gasteiger partial charge on any atom is 0.255 e. The van der Waals surface area contributed by atoms with E-state index >= 15 is 0 Å². The first-order valence-corrected chi connectivity index (χ1v) is 8.27. The second-order valence-electron chi connectivity index (χ2n) is 5.61. The second kappa shape index (κ2) is 9.02. The van der Waals surface area contributed by atoms with Gasteiger partial charge in [0.25, 0.3) is 5.91 Å². The number of rotatable bonds is 7. The molecule has 0 saturated heterocycles. The van der Waals surface area contributed by atoms with Crippen LogP contribution in [0.25, 0.3) is 0 Å². The quantitative estimate of drug-likeness (QED) is 0.693. The molecule has 3 rings (SSSR count). The molecule has 6 heteroatoms. The summed E-state index contributed by atoms with van der Waals surface area (Å²) in [6, 6.07) is 19.5. The van der Waals surface area contributed by atoms with Crippen LogP contribution in [0.5, 0.6) is 11.5 Å². The van der Waals surface area contributed by atoms with Crippen molar-refractivity contribution in [2.24, 2.45) is 0 Å². The lowest BCUT2D eigenvalue weighted by molar-refractivity contribution is 0.102. The normalized spacial score (nSPS) is 9.89. The number of hydrogen-bond acceptors (Lipinski definition) is 5. The van der Waals surface area contributed by atoms with Crippen LogP contribution in [0.4, 0.5) is 5.69 Å². The van der Waals surface area contributed by atoms with Crippen LogP contribution in [0.2, 0.25) is 0 Å². The van der Waals surface area contributed by atoms with E-state index in [1.165, 1.54) is 0 Å². The number of carbonyl (C=O) groups excluding carboxylic acids is 1. The predicted octanol–water partition coefficient (Wildman–Crippen LogP) is 3.82. The lowest BCUT2D eigenvalue weighted by Gasteiger charge is -2.10. The molecule has 2 aromatic carbocycles. The summed E-state index contributed by atoms with van der Waals surface area (Å²) in [5, 5.41) is 11.4. The summed E-state index contributed by atoms with van der Waals surface area (Å²) in [4.78, 5) is 16.5. The largest absolute Gasteiger partial charge is 0.489 e. The molecule has 0 radical (unpaired) electrons. The fourth-order valence-electron chi connectivity index (χ4n) is 2.36. The highest BCUT2D eigenvalue weighted by Gasteiger charge is 2.08. The summed E-state index contributed by atoms with van der Waals surface area (Å²) in [5.74, 6) is 0.847. The average Bonchev–Trinajstić information content (AvgIpc) is 2.72. The van der Waals surface area contributed by atoms with Gasteiger partial charge in [0.05, 0.1) is 0 Å². The van der Waals surface area contributed by atoms with Crippen molar-refractivity contribution in [2.75, 3.05) is 11.9 Å². The van der Waals surface area contributed by atoms with Gasteiger partial charge in [0.1, 0.15) is 24.2 Å². The minimum Gasteiger partial charge on any atom is -0.489 e. The molecule has 1 heterocycles. The van der Waals surface area contributed by atoms with Crippen LogP contribution in [0.3, 0.4) is 0 Å². The summed E-state index contributed by atoms with van der Waals surface area (Å²) in [7, 11) is 0. The molecular weight excluding hydrogens is 342 g/mol. The van der Waals surface area contributed by atoms with Crippen molar-refractivity contribution in [3.8, 4) is 17.6 Å². The molecule has 0 saturated carbocycles. The van der Waals surface area contributed by atoms with E-state index in [1.54, 1.807) is 60.9 Å². The molecule has 0 atom stereocenters. The molecule has 0 unspecified atom stereocenters. The first kappa shape index (κ1) is 18.0. The molecule has 0 spiro atoms. The van der Waals surface area contributed by atoms with E-state index in [4.69, 9.17) is 14.7 Å². The molecule has 0 aliphatic carbocycles. The van der Waals surface area contributed by atoms with Gasteiger partial charge in [-0.25, -0.2) is 0 Å². The molecule has 6 nitrogen and oxygen atoms in total. The van der Waals surface area contributed by atoms with Gasteiger partial charge in [-0.2, -0.15) is 5.26 Å². The number of ether oxygens (including phenoxy) is 2. The Morgan fingerprint density at radius 1 is 1.04 bits per heavy atom. The molecule has 0 bridgehead atoms. The summed E-state index contributed by atoms with van der Waals surface area (Å²) in [6.45, 7) is 0.324. The average molecular weight is 359 g/mol. The van der Waals surface area contributed by atoms with Crippen molar-refractivity contribution in [3.05, 3.63) is 84.2 Å². The Labute approximate surface area is 157 Å². The smallest absolute Gasteiger partial charge is 0.255 e. The number of hydrogen-bond donors (Lipinski definition) is 1. The van der Waals surface area contributed by atoms with Crippen LogP contribution in [0.15, 0.2) is 73.1 Å². The molecular formula is C21H17N3O3. The van der Waals surface area contributed by atoms with Gasteiger partial charge < -0.3 is 14.8 Å². The fourth-order valence-corrected chi connectivity index (χ4v) is 2.36. The van der Waals surface area contributed by atoms with E-state index in [9.17, 15) is 4.79 Å². The predicted molar refractivity (Wildman–Crippen MR) is 101 cm³/mol. The van der Waals surface area contributed by atoms with Crippen molar-refractivity contribution < 1.29 is 14.3 Å². The van der Waals surface area contributed by atoms with Gasteiger partial charge >= 0.3 is 0 Å². The Bertz CT molecular complexity index is 952. The molecule has 0 fully saturated rings. The van der Waals surface area contributed by atoms with Gasteiger partial charge in [-0.05, 0) is 36.4 Å². The number of nitrogens with one attached hydrogen (secondary N) is 1. The van der Waals surface area contributed by atoms with Crippen LogP contribution < -0.4 is 14.8 Å². The van der Waals surface area contributed by atoms with E-state index in [2.05, 4.69) is 10.3 Å². The molecule has 0 aliphatic rings. The van der Waals surface area contributed by atoms with E-state index < -0.39 is 0 Å². The Kier molecular flexibility index (Phi) is 6.00. The summed E-state index contributed by atoms with van der Waals surface area (Å²) in [5.41, 5.74) is 2.00. The minimum atomic E-state index is -0.265. The SMILES string of the molecule is N#CCOc1cccc(NC(=O)c2cccc(OCc3cccnc3)c2)c1. The van der Waals surface area contributed by atoms with E-state index in [0.717, 1.165) is 5.56 Å². The number of aromatic nitrogens is 1. The first-order valence-electron chi connectivity index (χ1n) is 8.27. The van der Waals surface area contributed by atoms with E-state index in [0.29, 0.717) is 29.4 Å². The molecule has 27 heavy (non-hydrogen) atoms. The highest BCUT2D eigenvalue weighted by molar-refractivity contribution is 6.04. The van der Waals surface area contributed by atoms with E-state index in [-0.39, 0.29) is 12.5 Å². The van der Waals surface area contributed by atoms with Gasteiger partial charge in [-0.3, -0.25) is 9.78 Å². The maximum absolute atomic E-state index is 12.5. The van der Waals surface area contributed by atoms with Gasteiger partial charge in [-0.1, -0.05) is 18.2 Å². The van der Waals surface area contributed by atoms with Crippen LogP contribution in [0, 0.1) is 11.3 Å². The van der Waals surface area contributed by atoms with Crippen LogP contribution in [-0.4, -0.2) is 17.5 Å². The van der Waals surface area contributed by atoms with Gasteiger partial charge in [0, 0.05) is 35.3 Å². The zero-order valence-corrected chi connectivity index (χ0v) is 14.5. The van der Waals surface area contributed by atoms with Crippen molar-refractivity contribution >= 4 is 11.6 Å². The van der Waals surface area contributed by atoms with Crippen LogP contribution >= 0.6 is 0 Å². The zero-order chi connectivity index (χ0) is 18.9. The Morgan fingerprint density at radius 2 is 1.85 bits per heavy atom. The molecule has 1 aromatic heterocycles. The monoisotopic (exact) mass is 359 g/mol. The molecule has 1 N–H and O–H groups in total. The van der Waals surface area contributed by atoms with Gasteiger partial charge in [0.2, 0.25) is 0 Å². The lowest BCUT2D eigenvalue weighted by Crippen LogP contribution is -2.12. The topological polar surface area (TPSA) is 84.2 Å². The van der Waals surface area contributed by atoms with Crippen molar-refractivity contribution in [1.29, 1.82) is 5.26 Å². The number of anilines is 1. The molecule has 1 amide bonds. The van der Waals surface area contributed by atoms with Crippen LogP contribution in [-0.2, 0) is 6.61 Å². The Morgan fingerprint density at radius 3 is 2.63 bits per heavy atom. The van der Waals surface area contributed by atoms with Crippen molar-refractivity contribution in [3.63, 3.8) is 0 Å². The van der Waals surface area contributed by atoms with E-state index in [1.807, 2.05) is 18.2 Å². The lowest BCUT2D eigenvalue weighted by atomic mass is 10.2. The number of pyridine rings is 1. The van der Waals surface area contributed by atoms with Crippen molar-refractivity contribution in [2.45, 2.75) is 6.61 Å². The number of benzene rings is 2. The third-order valence-electron chi connectivity index (χ3n) is 3.62. The number of nitrogens with zero attached hydrogens (tertiary/aromatic N) is 2. The molecule has 3 aromatic rings. The maximum atomic E-state index is 12.5. The highest BCUT2D eigenvalue weighted by atomic mass is 16.5. The Balaban J connectivity index is 1.64. The summed E-state index contributed by atoms with van der Waals surface area (Å²) in [6.07, 6.45) is 3.44. The number of amides is 1. The van der Waals surface area contributed by atoms with Gasteiger partial charge in [-0.15, -0.1) is 0 Å². The standard InChI is InChI=1S/C21H17N3O3/c22-9-11-26-20-8-2-6-18(13-20)24-21(25)17-5-1-7-19(12-17)27-15-16-4-3-10-23-14-16/h1-8,10,12-14H,11,15H2,(H,24,25). The summed E-state index contributed by atoms with van der Waals surface area (Å²) >= 11 is 0. The zero-order valence-electron chi connectivity index (χ0n) is 14.5. The first-order chi connectivity index (χ1) is 13.2. The minimum absolute atomic E-state index is 0.0479. The Hall–Kier alpha value is -3.85. The van der Waals surface area contributed by atoms with Crippen LogP contribution in [0.1, 0.15) is 15.9 Å². The highest BCUT2D eigenvalue weighted by Crippen LogP contribution is 2.20. The summed E-state index contributed by atoms with van der Waals surface area (Å²) < 4.78 is 11.0. The van der Waals surface area contributed by atoms with Crippen molar-refractivity contribution in [1.82, 2.24) is 4.98 Å². The van der Waals surface area contributed by atoms with Gasteiger partial charge in [0.15, 0.2) is 6.61 Å². The molecule has 134 valence electrons. The number of nitriles is 1.